The average Bonchev–Trinajstić information content (AvgIpc) is 2.71. The van der Waals surface area contributed by atoms with Gasteiger partial charge >= 0.3 is 0 Å². The molecule has 1 amide bonds. The number of benzene rings is 1. The Kier molecular flexibility index (Phi) is 6.36. The van der Waals surface area contributed by atoms with E-state index in [0.29, 0.717) is 29.7 Å². The van der Waals surface area contributed by atoms with Gasteiger partial charge in [-0.15, -0.1) is 0 Å². The highest BCUT2D eigenvalue weighted by Gasteiger charge is 2.31. The number of hydrogen-bond acceptors (Lipinski definition) is 8. The third kappa shape index (κ3) is 4.36. The monoisotopic (exact) mass is 385 g/mol. The van der Waals surface area contributed by atoms with Crippen molar-refractivity contribution < 1.29 is 19.4 Å². The summed E-state index contributed by atoms with van der Waals surface area (Å²) in [6.45, 7) is 3.03. The number of nitrogens with one attached hydrogen (secondary N) is 1. The molecular formula is C19H23N5O4. The van der Waals surface area contributed by atoms with Gasteiger partial charge in [0.2, 0.25) is 0 Å². The van der Waals surface area contributed by atoms with Gasteiger partial charge in [-0.3, -0.25) is 14.8 Å². The summed E-state index contributed by atoms with van der Waals surface area (Å²) < 4.78 is 10.7. The SMILES string of the molecule is COC[C@H](O)CNC(=O)[C@H]1CN(c2ccc(C#N)c3nccnc23)C[C@@H](C)O1. The minimum absolute atomic E-state index is 0.0895. The largest absolute Gasteiger partial charge is 0.389 e. The highest BCUT2D eigenvalue weighted by atomic mass is 16.5. The van der Waals surface area contributed by atoms with Crippen LogP contribution in [0.5, 0.6) is 0 Å². The number of aliphatic hydroxyl groups excluding tert-OH is 1. The number of nitriles is 1. The molecule has 3 atom stereocenters. The Morgan fingerprint density at radius 3 is 2.89 bits per heavy atom. The Balaban J connectivity index is 1.79. The lowest BCUT2D eigenvalue weighted by atomic mass is 10.1. The highest BCUT2D eigenvalue weighted by Crippen LogP contribution is 2.28. The van der Waals surface area contributed by atoms with Gasteiger partial charge in [-0.1, -0.05) is 0 Å². The number of methoxy groups -OCH3 is 1. The van der Waals surface area contributed by atoms with Crippen molar-refractivity contribution in [3.05, 3.63) is 30.1 Å². The van der Waals surface area contributed by atoms with Gasteiger partial charge in [0, 0.05) is 32.6 Å². The van der Waals surface area contributed by atoms with Gasteiger partial charge < -0.3 is 24.8 Å². The van der Waals surface area contributed by atoms with Gasteiger partial charge in [-0.2, -0.15) is 5.26 Å². The molecule has 3 rings (SSSR count). The zero-order valence-electron chi connectivity index (χ0n) is 15.8. The van der Waals surface area contributed by atoms with Crippen LogP contribution >= 0.6 is 0 Å². The topological polar surface area (TPSA) is 121 Å². The number of hydrogen-bond donors (Lipinski definition) is 2. The van der Waals surface area contributed by atoms with Crippen LogP contribution < -0.4 is 10.2 Å². The predicted molar refractivity (Wildman–Crippen MR) is 102 cm³/mol. The number of anilines is 1. The van der Waals surface area contributed by atoms with E-state index in [0.717, 1.165) is 5.69 Å². The van der Waals surface area contributed by atoms with E-state index >= 15 is 0 Å². The van der Waals surface area contributed by atoms with Crippen molar-refractivity contribution in [2.45, 2.75) is 25.2 Å². The number of ether oxygens (including phenoxy) is 2. The van der Waals surface area contributed by atoms with Crippen molar-refractivity contribution in [1.82, 2.24) is 15.3 Å². The second-order valence-corrected chi connectivity index (χ2v) is 6.69. The van der Waals surface area contributed by atoms with Crippen molar-refractivity contribution in [3.63, 3.8) is 0 Å². The summed E-state index contributed by atoms with van der Waals surface area (Å²) in [7, 11) is 1.49. The van der Waals surface area contributed by atoms with Gasteiger partial charge in [0.1, 0.15) is 17.1 Å². The normalized spacial score (nSPS) is 20.6. The summed E-state index contributed by atoms with van der Waals surface area (Å²) >= 11 is 0. The Morgan fingerprint density at radius 2 is 2.18 bits per heavy atom. The number of carbonyl (C=O) groups excluding carboxylic acids is 1. The van der Waals surface area contributed by atoms with E-state index in [-0.39, 0.29) is 25.2 Å². The number of morpholine rings is 1. The van der Waals surface area contributed by atoms with Crippen LogP contribution in [0, 0.1) is 11.3 Å². The van der Waals surface area contributed by atoms with Gasteiger partial charge in [-0.05, 0) is 19.1 Å². The maximum atomic E-state index is 12.5. The number of amides is 1. The van der Waals surface area contributed by atoms with Gasteiger partial charge in [0.05, 0.1) is 36.6 Å². The minimum atomic E-state index is -0.774. The molecule has 148 valence electrons. The number of nitrogens with zero attached hydrogens (tertiary/aromatic N) is 4. The number of rotatable bonds is 6. The Morgan fingerprint density at radius 1 is 1.43 bits per heavy atom. The van der Waals surface area contributed by atoms with E-state index in [2.05, 4.69) is 21.4 Å². The Bertz CT molecular complexity index is 884. The number of aliphatic hydroxyl groups is 1. The van der Waals surface area contributed by atoms with E-state index in [1.165, 1.54) is 7.11 Å². The minimum Gasteiger partial charge on any atom is -0.389 e. The quantitative estimate of drug-likeness (QED) is 0.724. The fraction of sp³-hybridized carbons (Fsp3) is 0.474. The number of carbonyl (C=O) groups is 1. The molecule has 0 radical (unpaired) electrons. The summed E-state index contributed by atoms with van der Waals surface area (Å²) in [5, 5.41) is 21.7. The summed E-state index contributed by atoms with van der Waals surface area (Å²) in [5.41, 5.74) is 2.40. The molecule has 0 spiro atoms. The first-order valence-corrected chi connectivity index (χ1v) is 9.02. The molecule has 2 N–H and O–H groups in total. The molecule has 1 aromatic carbocycles. The number of aromatic nitrogens is 2. The molecule has 28 heavy (non-hydrogen) atoms. The van der Waals surface area contributed by atoms with Crippen LogP contribution in [-0.4, -0.2) is 72.6 Å². The first-order valence-electron chi connectivity index (χ1n) is 9.02. The van der Waals surface area contributed by atoms with Crippen LogP contribution in [0.15, 0.2) is 24.5 Å². The molecule has 2 heterocycles. The third-order valence-electron chi connectivity index (χ3n) is 4.49. The molecule has 0 aliphatic carbocycles. The van der Waals surface area contributed by atoms with Crippen molar-refractivity contribution in [1.29, 1.82) is 5.26 Å². The number of fused-ring (bicyclic) bond motifs is 1. The molecule has 1 aromatic heterocycles. The lowest BCUT2D eigenvalue weighted by Crippen LogP contribution is -2.53. The van der Waals surface area contributed by atoms with Gasteiger partial charge in [-0.25, -0.2) is 0 Å². The van der Waals surface area contributed by atoms with E-state index in [9.17, 15) is 15.2 Å². The molecule has 1 saturated heterocycles. The molecule has 1 fully saturated rings. The standard InChI is InChI=1S/C19H23N5O4/c1-12-9-24(10-16(28-12)19(26)23-8-14(25)11-27-2)15-4-3-13(7-20)17-18(15)22-6-5-21-17/h3-6,12,14,16,25H,8-11H2,1-2H3,(H,23,26)/t12-,14-,16-/m1/s1. The Hall–Kier alpha value is -2.80. The van der Waals surface area contributed by atoms with Gasteiger partial charge in [0.15, 0.2) is 6.10 Å². The molecule has 0 bridgehead atoms. The average molecular weight is 385 g/mol. The van der Waals surface area contributed by atoms with Crippen LogP contribution in [0.4, 0.5) is 5.69 Å². The van der Waals surface area contributed by atoms with Crippen molar-refractivity contribution >= 4 is 22.6 Å². The predicted octanol–water partition coefficient (Wildman–Crippen LogP) is 0.219. The zero-order chi connectivity index (χ0) is 20.1. The molecule has 9 nitrogen and oxygen atoms in total. The van der Waals surface area contributed by atoms with E-state index in [1.54, 1.807) is 18.5 Å². The molecule has 1 aliphatic heterocycles. The highest BCUT2D eigenvalue weighted by molar-refractivity contribution is 5.92. The lowest BCUT2D eigenvalue weighted by molar-refractivity contribution is -0.137. The van der Waals surface area contributed by atoms with Crippen LogP contribution in [0.25, 0.3) is 11.0 Å². The molecule has 0 saturated carbocycles. The van der Waals surface area contributed by atoms with Crippen molar-refractivity contribution in [3.8, 4) is 6.07 Å². The molecule has 9 heteroatoms. The second-order valence-electron chi connectivity index (χ2n) is 6.69. The van der Waals surface area contributed by atoms with Crippen molar-refractivity contribution in [2.75, 3.05) is 38.3 Å². The second kappa shape index (κ2) is 8.93. The summed E-state index contributed by atoms with van der Waals surface area (Å²) in [4.78, 5) is 23.2. The Labute approximate surface area is 162 Å². The van der Waals surface area contributed by atoms with Crippen LogP contribution in [0.2, 0.25) is 0 Å². The lowest BCUT2D eigenvalue weighted by Gasteiger charge is -2.37. The molecular weight excluding hydrogens is 362 g/mol. The van der Waals surface area contributed by atoms with Crippen LogP contribution in [0.3, 0.4) is 0 Å². The summed E-state index contributed by atoms with van der Waals surface area (Å²) in [6.07, 6.45) is 1.48. The third-order valence-corrected chi connectivity index (χ3v) is 4.49. The van der Waals surface area contributed by atoms with Gasteiger partial charge in [0.25, 0.3) is 5.91 Å². The summed E-state index contributed by atoms with van der Waals surface area (Å²) in [5.74, 6) is -0.296. The molecule has 1 aliphatic rings. The van der Waals surface area contributed by atoms with E-state index in [4.69, 9.17) is 9.47 Å². The fourth-order valence-electron chi connectivity index (χ4n) is 3.26. The van der Waals surface area contributed by atoms with E-state index in [1.807, 2.05) is 17.9 Å². The summed E-state index contributed by atoms with van der Waals surface area (Å²) in [6, 6.07) is 5.67. The first kappa shape index (κ1) is 19.9. The van der Waals surface area contributed by atoms with Crippen LogP contribution in [-0.2, 0) is 14.3 Å². The fourth-order valence-corrected chi connectivity index (χ4v) is 3.26. The molecule has 2 aromatic rings. The smallest absolute Gasteiger partial charge is 0.251 e. The maximum Gasteiger partial charge on any atom is 0.251 e. The van der Waals surface area contributed by atoms with Crippen molar-refractivity contribution in [2.24, 2.45) is 0 Å². The molecule has 0 unspecified atom stereocenters. The first-order chi connectivity index (χ1) is 13.5. The van der Waals surface area contributed by atoms with E-state index < -0.39 is 12.2 Å². The maximum absolute atomic E-state index is 12.5. The van der Waals surface area contributed by atoms with Crippen LogP contribution in [0.1, 0.15) is 12.5 Å². The zero-order valence-corrected chi connectivity index (χ0v) is 15.8.